The Bertz CT molecular complexity index is 976. The molecular formula is C21H20BrN5O3. The molecule has 0 spiro atoms. The van der Waals surface area contributed by atoms with Crippen LogP contribution in [0.1, 0.15) is 16.8 Å². The normalized spacial score (nSPS) is 11.8. The molecule has 9 heteroatoms. The van der Waals surface area contributed by atoms with E-state index in [1.54, 1.807) is 6.20 Å². The van der Waals surface area contributed by atoms with Crippen molar-refractivity contribution in [1.82, 2.24) is 20.7 Å². The molecule has 8 nitrogen and oxygen atoms in total. The van der Waals surface area contributed by atoms with Gasteiger partial charge in [0.15, 0.2) is 0 Å². The number of halogens is 1. The third kappa shape index (κ3) is 6.85. The first-order chi connectivity index (χ1) is 14.6. The van der Waals surface area contributed by atoms with Crippen molar-refractivity contribution < 1.29 is 14.3 Å². The minimum absolute atomic E-state index is 0.104. The monoisotopic (exact) mass is 469 g/mol. The van der Waals surface area contributed by atoms with Crippen molar-refractivity contribution in [3.8, 4) is 0 Å². The van der Waals surface area contributed by atoms with E-state index < -0.39 is 18.0 Å². The smallest absolute Gasteiger partial charge is 0.408 e. The number of carbonyl (C=O) groups excluding carboxylic acids is 2. The van der Waals surface area contributed by atoms with Crippen LogP contribution in [0.25, 0.3) is 0 Å². The third-order valence-electron chi connectivity index (χ3n) is 4.06. The Kier molecular flexibility index (Phi) is 7.73. The lowest BCUT2D eigenvalue weighted by Crippen LogP contribution is -2.47. The van der Waals surface area contributed by atoms with Gasteiger partial charge in [-0.3, -0.25) is 4.79 Å². The maximum Gasteiger partial charge on any atom is 0.408 e. The fourth-order valence-electron chi connectivity index (χ4n) is 2.53. The Morgan fingerprint density at radius 2 is 1.93 bits per heavy atom. The number of imidazole rings is 1. The maximum atomic E-state index is 12.6. The van der Waals surface area contributed by atoms with E-state index in [0.717, 1.165) is 15.6 Å². The van der Waals surface area contributed by atoms with Gasteiger partial charge in [0, 0.05) is 22.8 Å². The summed E-state index contributed by atoms with van der Waals surface area (Å²) in [5.41, 5.74) is 4.81. The molecule has 3 aromatic rings. The van der Waals surface area contributed by atoms with Crippen LogP contribution in [0.2, 0.25) is 0 Å². The van der Waals surface area contributed by atoms with Crippen LogP contribution >= 0.6 is 15.9 Å². The Balaban J connectivity index is 1.58. The van der Waals surface area contributed by atoms with Gasteiger partial charge in [-0.15, -0.1) is 0 Å². The van der Waals surface area contributed by atoms with Crippen LogP contribution in [-0.4, -0.2) is 34.2 Å². The standard InChI is InChI=1S/C21H20BrN5O3/c22-17-8-6-15(7-9-17)11-25-27-20(28)19(10-18-12-23-14-24-18)26-21(29)30-13-16-4-2-1-3-5-16/h1-9,11-12,14,19H,10,13H2,(H,23,24)(H,26,29)(H,27,28)/b25-11-/t19-/m1/s1. The minimum Gasteiger partial charge on any atom is -0.445 e. The summed E-state index contributed by atoms with van der Waals surface area (Å²) >= 11 is 3.36. The molecule has 3 rings (SSSR count). The number of rotatable bonds is 8. The topological polar surface area (TPSA) is 108 Å². The third-order valence-corrected chi connectivity index (χ3v) is 4.59. The Labute approximate surface area is 181 Å². The fraction of sp³-hybridized carbons (Fsp3) is 0.143. The van der Waals surface area contributed by atoms with Gasteiger partial charge >= 0.3 is 6.09 Å². The predicted molar refractivity (Wildman–Crippen MR) is 116 cm³/mol. The molecule has 30 heavy (non-hydrogen) atoms. The summed E-state index contributed by atoms with van der Waals surface area (Å²) in [6.07, 6.45) is 4.12. The molecule has 0 fully saturated rings. The highest BCUT2D eigenvalue weighted by Gasteiger charge is 2.22. The molecule has 0 aliphatic rings. The van der Waals surface area contributed by atoms with Crippen LogP contribution < -0.4 is 10.7 Å². The largest absolute Gasteiger partial charge is 0.445 e. The molecule has 1 aromatic heterocycles. The number of hydrazone groups is 1. The molecule has 2 aromatic carbocycles. The molecule has 0 unspecified atom stereocenters. The number of nitrogens with zero attached hydrogens (tertiary/aromatic N) is 2. The van der Waals surface area contributed by atoms with Crippen molar-refractivity contribution in [2.75, 3.05) is 0 Å². The highest BCUT2D eigenvalue weighted by Crippen LogP contribution is 2.09. The summed E-state index contributed by atoms with van der Waals surface area (Å²) in [7, 11) is 0. The quantitative estimate of drug-likeness (QED) is 0.347. The lowest BCUT2D eigenvalue weighted by Gasteiger charge is -2.16. The van der Waals surface area contributed by atoms with Gasteiger partial charge in [0.2, 0.25) is 0 Å². The van der Waals surface area contributed by atoms with Crippen molar-refractivity contribution in [1.29, 1.82) is 0 Å². The van der Waals surface area contributed by atoms with E-state index in [4.69, 9.17) is 4.74 Å². The van der Waals surface area contributed by atoms with Crippen LogP contribution in [0.4, 0.5) is 4.79 Å². The number of carbonyl (C=O) groups is 2. The van der Waals surface area contributed by atoms with Gasteiger partial charge in [0.25, 0.3) is 5.91 Å². The van der Waals surface area contributed by atoms with Crippen LogP contribution in [0.15, 0.2) is 76.7 Å². The summed E-state index contributed by atoms with van der Waals surface area (Å²) in [5.74, 6) is -0.477. The van der Waals surface area contributed by atoms with Gasteiger partial charge in [0.05, 0.1) is 12.5 Å². The van der Waals surface area contributed by atoms with Crippen LogP contribution in [0, 0.1) is 0 Å². The average molecular weight is 470 g/mol. The molecule has 0 saturated heterocycles. The molecule has 154 valence electrons. The molecule has 0 saturated carbocycles. The molecule has 0 bridgehead atoms. The average Bonchev–Trinajstić information content (AvgIpc) is 3.27. The molecule has 0 aliphatic carbocycles. The summed E-state index contributed by atoms with van der Waals surface area (Å²) in [6, 6.07) is 15.8. The van der Waals surface area contributed by atoms with E-state index >= 15 is 0 Å². The molecule has 2 amide bonds. The van der Waals surface area contributed by atoms with Crippen molar-refractivity contribution in [2.24, 2.45) is 5.10 Å². The van der Waals surface area contributed by atoms with Gasteiger partial charge in [-0.25, -0.2) is 15.2 Å². The number of aromatic nitrogens is 2. The molecule has 1 heterocycles. The number of alkyl carbamates (subject to hydrolysis) is 1. The second-order valence-corrected chi connectivity index (χ2v) is 7.24. The Hall–Kier alpha value is -3.46. The van der Waals surface area contributed by atoms with E-state index in [1.807, 2.05) is 54.6 Å². The lowest BCUT2D eigenvalue weighted by molar-refractivity contribution is -0.123. The van der Waals surface area contributed by atoms with Gasteiger partial charge in [-0.1, -0.05) is 58.4 Å². The van der Waals surface area contributed by atoms with Crippen molar-refractivity contribution in [2.45, 2.75) is 19.1 Å². The molecule has 1 atom stereocenters. The molecule has 3 N–H and O–H groups in total. The fourth-order valence-corrected chi connectivity index (χ4v) is 2.79. The summed E-state index contributed by atoms with van der Waals surface area (Å²) in [6.45, 7) is 0.104. The first-order valence-corrected chi connectivity index (χ1v) is 9.92. The Morgan fingerprint density at radius 3 is 2.63 bits per heavy atom. The van der Waals surface area contributed by atoms with Crippen LogP contribution in [-0.2, 0) is 22.6 Å². The van der Waals surface area contributed by atoms with Crippen molar-refractivity contribution in [3.63, 3.8) is 0 Å². The second-order valence-electron chi connectivity index (χ2n) is 6.33. The number of H-pyrrole nitrogens is 1. The second kappa shape index (κ2) is 10.9. The van der Waals surface area contributed by atoms with E-state index in [1.165, 1.54) is 12.5 Å². The number of benzene rings is 2. The van der Waals surface area contributed by atoms with Gasteiger partial charge < -0.3 is 15.0 Å². The predicted octanol–water partition coefficient (Wildman–Crippen LogP) is 3.16. The van der Waals surface area contributed by atoms with Crippen molar-refractivity contribution in [3.05, 3.63) is 88.4 Å². The number of ether oxygens (including phenoxy) is 1. The maximum absolute atomic E-state index is 12.6. The molecule has 0 aliphatic heterocycles. The van der Waals surface area contributed by atoms with Gasteiger partial charge in [0.1, 0.15) is 12.6 Å². The van der Waals surface area contributed by atoms with E-state index in [2.05, 4.69) is 41.7 Å². The SMILES string of the molecule is O=C(N[C@H](Cc1cnc[nH]1)C(=O)N/N=C\c1ccc(Br)cc1)OCc1ccccc1. The Morgan fingerprint density at radius 1 is 1.17 bits per heavy atom. The number of aromatic amines is 1. The zero-order valence-corrected chi connectivity index (χ0v) is 17.5. The summed E-state index contributed by atoms with van der Waals surface area (Å²) < 4.78 is 6.16. The number of hydrogen-bond acceptors (Lipinski definition) is 5. The first kappa shape index (κ1) is 21.3. The molecular weight excluding hydrogens is 450 g/mol. The zero-order chi connectivity index (χ0) is 21.2. The summed E-state index contributed by atoms with van der Waals surface area (Å²) in [5, 5.41) is 6.54. The highest BCUT2D eigenvalue weighted by atomic mass is 79.9. The van der Waals surface area contributed by atoms with Gasteiger partial charge in [-0.2, -0.15) is 5.10 Å². The minimum atomic E-state index is -0.893. The van der Waals surface area contributed by atoms with E-state index in [9.17, 15) is 9.59 Å². The summed E-state index contributed by atoms with van der Waals surface area (Å²) in [4.78, 5) is 31.6. The van der Waals surface area contributed by atoms with Gasteiger partial charge in [-0.05, 0) is 23.3 Å². The molecule has 0 radical (unpaired) electrons. The van der Waals surface area contributed by atoms with Crippen LogP contribution in [0.3, 0.4) is 0 Å². The number of amides is 2. The number of nitrogens with one attached hydrogen (secondary N) is 3. The highest BCUT2D eigenvalue weighted by molar-refractivity contribution is 9.10. The van der Waals surface area contributed by atoms with Crippen LogP contribution in [0.5, 0.6) is 0 Å². The van der Waals surface area contributed by atoms with Crippen molar-refractivity contribution >= 4 is 34.1 Å². The lowest BCUT2D eigenvalue weighted by atomic mass is 10.1. The van der Waals surface area contributed by atoms with E-state index in [0.29, 0.717) is 5.69 Å². The van der Waals surface area contributed by atoms with E-state index in [-0.39, 0.29) is 13.0 Å². The zero-order valence-electron chi connectivity index (χ0n) is 15.9. The first-order valence-electron chi connectivity index (χ1n) is 9.13. The number of hydrogen-bond donors (Lipinski definition) is 3.